The van der Waals surface area contributed by atoms with Gasteiger partial charge in [0, 0.05) is 19.0 Å². The number of nitrogens with zero attached hydrogens (tertiary/aromatic N) is 2. The molecule has 1 saturated heterocycles. The largest absolute Gasteiger partial charge is 0.489 e. The zero-order chi connectivity index (χ0) is 23.1. The molecule has 0 aliphatic carbocycles. The van der Waals surface area contributed by atoms with Crippen molar-refractivity contribution in [3.63, 3.8) is 0 Å². The molecule has 2 atom stereocenters. The van der Waals surface area contributed by atoms with Gasteiger partial charge in [-0.2, -0.15) is 0 Å². The molecule has 33 heavy (non-hydrogen) atoms. The monoisotopic (exact) mass is 461 g/mol. The van der Waals surface area contributed by atoms with Crippen LogP contribution in [0.15, 0.2) is 42.5 Å². The molecule has 1 aromatic heterocycles. The highest BCUT2D eigenvalue weighted by atomic mass is 32.1. The van der Waals surface area contributed by atoms with E-state index < -0.39 is 5.91 Å². The van der Waals surface area contributed by atoms with Crippen LogP contribution in [0, 0.1) is 13.8 Å². The Labute approximate surface area is 197 Å². The molecule has 3 aromatic rings. The number of aromatic nitrogens is 1. The number of nitrogens with two attached hydrogens (primary N) is 1. The van der Waals surface area contributed by atoms with Gasteiger partial charge >= 0.3 is 0 Å². The van der Waals surface area contributed by atoms with Crippen molar-refractivity contribution in [1.29, 1.82) is 0 Å². The van der Waals surface area contributed by atoms with E-state index >= 15 is 0 Å². The molecule has 3 heterocycles. The average molecular weight is 462 g/mol. The van der Waals surface area contributed by atoms with Crippen LogP contribution in [0.25, 0.3) is 10.4 Å². The lowest BCUT2D eigenvalue weighted by atomic mass is 9.91. The summed E-state index contributed by atoms with van der Waals surface area (Å²) in [5, 5.41) is 0.887. The SMILES string of the molecule is Cc1cccc(-c2sc(C)nc2C(=O)N2CCC2CC2CCc3cccc(C(N)=O)c3O2)c1. The Bertz CT molecular complexity index is 1240. The van der Waals surface area contributed by atoms with Crippen LogP contribution in [0.1, 0.15) is 56.2 Å². The quantitative estimate of drug-likeness (QED) is 0.605. The van der Waals surface area contributed by atoms with E-state index in [9.17, 15) is 9.59 Å². The molecule has 0 radical (unpaired) electrons. The molecular formula is C26H27N3O3S. The van der Waals surface area contributed by atoms with Crippen molar-refractivity contribution in [1.82, 2.24) is 9.88 Å². The maximum Gasteiger partial charge on any atom is 0.274 e. The Hall–Kier alpha value is -3.19. The molecule has 2 N–H and O–H groups in total. The summed E-state index contributed by atoms with van der Waals surface area (Å²) >= 11 is 1.56. The molecule has 2 amide bonds. The van der Waals surface area contributed by atoms with E-state index in [1.165, 1.54) is 0 Å². The van der Waals surface area contributed by atoms with Crippen molar-refractivity contribution in [3.8, 4) is 16.2 Å². The molecule has 1 fully saturated rings. The third-order valence-electron chi connectivity index (χ3n) is 6.54. The summed E-state index contributed by atoms with van der Waals surface area (Å²) in [4.78, 5) is 32.8. The molecule has 2 aromatic carbocycles. The van der Waals surface area contributed by atoms with Crippen LogP contribution in [-0.4, -0.2) is 40.4 Å². The third-order valence-corrected chi connectivity index (χ3v) is 7.56. The summed E-state index contributed by atoms with van der Waals surface area (Å²) in [7, 11) is 0. The second-order valence-corrected chi connectivity index (χ2v) is 10.1. The normalized spacial score (nSPS) is 19.4. The highest BCUT2D eigenvalue weighted by Crippen LogP contribution is 2.36. The highest BCUT2D eigenvalue weighted by molar-refractivity contribution is 7.15. The fourth-order valence-electron chi connectivity index (χ4n) is 4.77. The van der Waals surface area contributed by atoms with Gasteiger partial charge in [0.05, 0.1) is 15.4 Å². The van der Waals surface area contributed by atoms with E-state index in [2.05, 4.69) is 24.0 Å². The van der Waals surface area contributed by atoms with Gasteiger partial charge in [-0.3, -0.25) is 9.59 Å². The van der Waals surface area contributed by atoms with Gasteiger partial charge in [-0.25, -0.2) is 4.98 Å². The van der Waals surface area contributed by atoms with Gasteiger partial charge in [0.1, 0.15) is 17.5 Å². The number of hydrogen-bond acceptors (Lipinski definition) is 5. The second kappa shape index (κ2) is 8.63. The van der Waals surface area contributed by atoms with E-state index in [0.29, 0.717) is 17.0 Å². The van der Waals surface area contributed by atoms with Crippen molar-refractivity contribution < 1.29 is 14.3 Å². The molecule has 7 heteroatoms. The maximum absolute atomic E-state index is 13.5. The Balaban J connectivity index is 1.33. The number of thiazole rings is 1. The van der Waals surface area contributed by atoms with Gasteiger partial charge in [0.25, 0.3) is 11.8 Å². The molecule has 2 aliphatic rings. The van der Waals surface area contributed by atoms with Crippen LogP contribution in [0.5, 0.6) is 5.75 Å². The number of likely N-dealkylation sites (tertiary alicyclic amines) is 1. The van der Waals surface area contributed by atoms with Crippen LogP contribution < -0.4 is 10.5 Å². The predicted octanol–water partition coefficient (Wildman–Crippen LogP) is 4.52. The number of carbonyl (C=O) groups is 2. The molecule has 2 aliphatic heterocycles. The van der Waals surface area contributed by atoms with Gasteiger partial charge in [-0.15, -0.1) is 11.3 Å². The number of benzene rings is 2. The van der Waals surface area contributed by atoms with Crippen molar-refractivity contribution in [2.45, 2.75) is 51.7 Å². The lowest BCUT2D eigenvalue weighted by molar-refractivity contribution is 0.0297. The third kappa shape index (κ3) is 4.13. The minimum Gasteiger partial charge on any atom is -0.489 e. The second-order valence-electron chi connectivity index (χ2n) is 8.89. The Morgan fingerprint density at radius 3 is 2.73 bits per heavy atom. The standard InChI is InChI=1S/C26H27N3O3S/c1-15-5-3-7-18(13-15)24-22(28-16(2)33-24)26(31)29-12-11-19(29)14-20-10-9-17-6-4-8-21(25(27)30)23(17)32-20/h3-8,13,19-20H,9-12,14H2,1-2H3,(H2,27,30). The van der Waals surface area contributed by atoms with E-state index in [1.807, 2.05) is 36.1 Å². The zero-order valence-electron chi connectivity index (χ0n) is 18.8. The van der Waals surface area contributed by atoms with Crippen LogP contribution in [0.3, 0.4) is 0 Å². The Morgan fingerprint density at radius 2 is 2.00 bits per heavy atom. The molecule has 5 rings (SSSR count). The van der Waals surface area contributed by atoms with Crippen molar-refractivity contribution in [2.75, 3.05) is 6.54 Å². The number of hydrogen-bond donors (Lipinski definition) is 1. The molecule has 0 spiro atoms. The van der Waals surface area contributed by atoms with Crippen LogP contribution >= 0.6 is 11.3 Å². The fourth-order valence-corrected chi connectivity index (χ4v) is 5.68. The smallest absolute Gasteiger partial charge is 0.274 e. The topological polar surface area (TPSA) is 85.5 Å². The van der Waals surface area contributed by atoms with Crippen molar-refractivity contribution >= 4 is 23.2 Å². The zero-order valence-corrected chi connectivity index (χ0v) is 19.7. The number of ether oxygens (including phenoxy) is 1. The first-order chi connectivity index (χ1) is 15.9. The maximum atomic E-state index is 13.5. The molecule has 0 saturated carbocycles. The van der Waals surface area contributed by atoms with Gasteiger partial charge in [-0.1, -0.05) is 42.0 Å². The number of carbonyl (C=O) groups excluding carboxylic acids is 2. The average Bonchev–Trinajstić information content (AvgIpc) is 3.18. The van der Waals surface area contributed by atoms with Crippen molar-refractivity contribution in [2.24, 2.45) is 5.73 Å². The lowest BCUT2D eigenvalue weighted by Gasteiger charge is -2.43. The number of para-hydroxylation sites is 1. The molecule has 2 unspecified atom stereocenters. The van der Waals surface area contributed by atoms with E-state index in [-0.39, 0.29) is 18.1 Å². The fraction of sp³-hybridized carbons (Fsp3) is 0.346. The summed E-state index contributed by atoms with van der Waals surface area (Å²) < 4.78 is 6.22. The first-order valence-corrected chi connectivity index (χ1v) is 12.2. The summed E-state index contributed by atoms with van der Waals surface area (Å²) in [6.07, 6.45) is 3.33. The highest BCUT2D eigenvalue weighted by Gasteiger charge is 2.38. The summed E-state index contributed by atoms with van der Waals surface area (Å²) in [5.74, 6) is 0.118. The number of primary amides is 1. The van der Waals surface area contributed by atoms with Crippen LogP contribution in [0.4, 0.5) is 0 Å². The lowest BCUT2D eigenvalue weighted by Crippen LogP contribution is -2.53. The minimum atomic E-state index is -0.476. The Kier molecular flexibility index (Phi) is 5.66. The molecular weight excluding hydrogens is 434 g/mol. The number of rotatable bonds is 5. The van der Waals surface area contributed by atoms with Gasteiger partial charge in [-0.05, 0) is 50.3 Å². The summed E-state index contributed by atoms with van der Waals surface area (Å²) in [6.45, 7) is 4.72. The van der Waals surface area contributed by atoms with Crippen LogP contribution in [-0.2, 0) is 6.42 Å². The molecule has 6 nitrogen and oxygen atoms in total. The first-order valence-electron chi connectivity index (χ1n) is 11.3. The Morgan fingerprint density at radius 1 is 1.18 bits per heavy atom. The van der Waals surface area contributed by atoms with Gasteiger partial charge in [0.15, 0.2) is 0 Å². The number of amides is 2. The first kappa shape index (κ1) is 21.6. The van der Waals surface area contributed by atoms with E-state index in [0.717, 1.165) is 58.8 Å². The van der Waals surface area contributed by atoms with E-state index in [1.54, 1.807) is 17.4 Å². The summed E-state index contributed by atoms with van der Waals surface area (Å²) in [5.41, 5.74) is 9.72. The molecule has 0 bridgehead atoms. The minimum absolute atomic E-state index is 0.0128. The van der Waals surface area contributed by atoms with E-state index in [4.69, 9.17) is 10.5 Å². The molecule has 170 valence electrons. The van der Waals surface area contributed by atoms with Gasteiger partial charge < -0.3 is 15.4 Å². The van der Waals surface area contributed by atoms with Crippen LogP contribution in [0.2, 0.25) is 0 Å². The number of aryl methyl sites for hydroxylation is 3. The number of fused-ring (bicyclic) bond motifs is 1. The van der Waals surface area contributed by atoms with Gasteiger partial charge in [0.2, 0.25) is 0 Å². The van der Waals surface area contributed by atoms with Crippen molar-refractivity contribution in [3.05, 3.63) is 69.9 Å². The predicted molar refractivity (Wildman–Crippen MR) is 129 cm³/mol. The summed E-state index contributed by atoms with van der Waals surface area (Å²) in [6, 6.07) is 13.8.